The van der Waals surface area contributed by atoms with Crippen LogP contribution in [-0.2, 0) is 10.2 Å². The first-order chi connectivity index (χ1) is 13.3. The molecular weight excluding hydrogens is 350 g/mol. The Kier molecular flexibility index (Phi) is 6.43. The van der Waals surface area contributed by atoms with Crippen LogP contribution in [-0.4, -0.2) is 60.9 Å². The molecule has 5 nitrogen and oxygen atoms in total. The van der Waals surface area contributed by atoms with E-state index in [1.165, 1.54) is 18.4 Å². The van der Waals surface area contributed by atoms with Gasteiger partial charge in [-0.1, -0.05) is 45.7 Å². The molecule has 1 atom stereocenters. The number of piperazine rings is 1. The number of rotatable bonds is 4. The number of hydrogen-bond donors (Lipinski definition) is 1. The lowest BCUT2D eigenvalue weighted by Crippen LogP contribution is -2.57. The van der Waals surface area contributed by atoms with Gasteiger partial charge in [0.2, 0.25) is 5.91 Å². The largest absolute Gasteiger partial charge is 0.358 e. The van der Waals surface area contributed by atoms with Crippen LogP contribution < -0.4 is 5.32 Å². The van der Waals surface area contributed by atoms with Gasteiger partial charge < -0.3 is 10.2 Å². The van der Waals surface area contributed by atoms with Gasteiger partial charge in [0.1, 0.15) is 0 Å². The minimum Gasteiger partial charge on any atom is -0.358 e. The van der Waals surface area contributed by atoms with E-state index >= 15 is 0 Å². The van der Waals surface area contributed by atoms with Gasteiger partial charge in [-0.05, 0) is 41.9 Å². The van der Waals surface area contributed by atoms with E-state index in [-0.39, 0.29) is 23.3 Å². The van der Waals surface area contributed by atoms with E-state index in [0.29, 0.717) is 19.0 Å². The summed E-state index contributed by atoms with van der Waals surface area (Å²) >= 11 is 0. The highest BCUT2D eigenvalue weighted by Gasteiger charge is 2.36. The first kappa shape index (κ1) is 20.8. The number of nitrogens with zero attached hydrogens (tertiary/aromatic N) is 2. The predicted octanol–water partition coefficient (Wildman–Crippen LogP) is 3.05. The van der Waals surface area contributed by atoms with Crippen molar-refractivity contribution >= 4 is 11.8 Å². The van der Waals surface area contributed by atoms with E-state index in [1.807, 2.05) is 17.0 Å². The number of nitrogens with one attached hydrogen (secondary N) is 1. The quantitative estimate of drug-likeness (QED) is 0.867. The average Bonchev–Trinajstić information content (AvgIpc) is 3.21. The maximum absolute atomic E-state index is 12.9. The molecule has 28 heavy (non-hydrogen) atoms. The van der Waals surface area contributed by atoms with Gasteiger partial charge in [0.25, 0.3) is 5.91 Å². The molecule has 1 aliphatic heterocycles. The number of carbonyl (C=O) groups is 2. The summed E-state index contributed by atoms with van der Waals surface area (Å²) < 4.78 is 0. The Morgan fingerprint density at radius 2 is 1.57 bits per heavy atom. The van der Waals surface area contributed by atoms with Gasteiger partial charge >= 0.3 is 0 Å². The van der Waals surface area contributed by atoms with Gasteiger partial charge in [0.05, 0.1) is 6.04 Å². The molecule has 3 rings (SSSR count). The summed E-state index contributed by atoms with van der Waals surface area (Å²) in [5, 5.41) is 2.86. The first-order valence-electron chi connectivity index (χ1n) is 10.7. The van der Waals surface area contributed by atoms with Gasteiger partial charge in [0, 0.05) is 38.8 Å². The minimum absolute atomic E-state index is 0.0455. The van der Waals surface area contributed by atoms with E-state index in [4.69, 9.17) is 0 Å². The van der Waals surface area contributed by atoms with E-state index in [1.54, 1.807) is 7.05 Å². The third-order valence-corrected chi connectivity index (χ3v) is 6.35. The first-order valence-corrected chi connectivity index (χ1v) is 10.7. The second-order valence-corrected chi connectivity index (χ2v) is 9.26. The molecule has 1 heterocycles. The maximum atomic E-state index is 12.9. The summed E-state index contributed by atoms with van der Waals surface area (Å²) in [7, 11) is 1.73. The summed E-state index contributed by atoms with van der Waals surface area (Å²) in [4.78, 5) is 29.6. The Hall–Kier alpha value is -1.88. The van der Waals surface area contributed by atoms with E-state index in [2.05, 4.69) is 43.1 Å². The SMILES string of the molecule is CNC(=O)[C@@H](C1CCCC1)N1CCN(C(=O)c2ccc(C(C)(C)C)cc2)CC1. The lowest BCUT2D eigenvalue weighted by atomic mass is 9.86. The molecule has 0 spiro atoms. The molecule has 1 saturated carbocycles. The number of likely N-dealkylation sites (N-methyl/N-ethyl adjacent to an activating group) is 1. The summed E-state index contributed by atoms with van der Waals surface area (Å²) in [5.74, 6) is 0.675. The molecule has 1 aromatic carbocycles. The zero-order valence-electron chi connectivity index (χ0n) is 17.8. The van der Waals surface area contributed by atoms with Gasteiger partial charge in [-0.15, -0.1) is 0 Å². The molecule has 5 heteroatoms. The highest BCUT2D eigenvalue weighted by molar-refractivity contribution is 5.94. The van der Waals surface area contributed by atoms with Crippen molar-refractivity contribution in [2.75, 3.05) is 33.2 Å². The van der Waals surface area contributed by atoms with Crippen molar-refractivity contribution in [3.05, 3.63) is 35.4 Å². The van der Waals surface area contributed by atoms with Crippen molar-refractivity contribution < 1.29 is 9.59 Å². The zero-order valence-corrected chi connectivity index (χ0v) is 17.8. The van der Waals surface area contributed by atoms with Crippen molar-refractivity contribution in [2.24, 2.45) is 5.92 Å². The second-order valence-electron chi connectivity index (χ2n) is 9.26. The maximum Gasteiger partial charge on any atom is 0.253 e. The zero-order chi connectivity index (χ0) is 20.3. The Balaban J connectivity index is 1.62. The number of amides is 2. The molecule has 154 valence electrons. The Morgan fingerprint density at radius 1 is 1.00 bits per heavy atom. The summed E-state index contributed by atoms with van der Waals surface area (Å²) in [6, 6.07) is 7.97. The van der Waals surface area contributed by atoms with Crippen molar-refractivity contribution in [3.8, 4) is 0 Å². The van der Waals surface area contributed by atoms with E-state index in [0.717, 1.165) is 31.5 Å². The average molecular weight is 386 g/mol. The molecule has 2 aliphatic rings. The Bertz CT molecular complexity index is 679. The normalized spacial score (nSPS) is 20.2. The van der Waals surface area contributed by atoms with Crippen molar-refractivity contribution in [3.63, 3.8) is 0 Å². The molecule has 1 saturated heterocycles. The molecule has 0 bridgehead atoms. The monoisotopic (exact) mass is 385 g/mol. The summed E-state index contributed by atoms with van der Waals surface area (Å²) in [6.45, 7) is 9.42. The van der Waals surface area contributed by atoms with Crippen LogP contribution in [0, 0.1) is 5.92 Å². The molecule has 0 aromatic heterocycles. The number of hydrogen-bond acceptors (Lipinski definition) is 3. The lowest BCUT2D eigenvalue weighted by molar-refractivity contribution is -0.128. The fourth-order valence-corrected chi connectivity index (χ4v) is 4.60. The molecule has 1 aliphatic carbocycles. The topological polar surface area (TPSA) is 52.7 Å². The number of benzene rings is 1. The molecule has 2 amide bonds. The number of carbonyl (C=O) groups excluding carboxylic acids is 2. The van der Waals surface area contributed by atoms with Crippen LogP contribution in [0.2, 0.25) is 0 Å². The highest BCUT2D eigenvalue weighted by Crippen LogP contribution is 2.31. The molecule has 1 N–H and O–H groups in total. The van der Waals surface area contributed by atoms with Crippen LogP contribution in [0.5, 0.6) is 0 Å². The minimum atomic E-state index is -0.0455. The second kappa shape index (κ2) is 8.64. The summed E-state index contributed by atoms with van der Waals surface area (Å²) in [6.07, 6.45) is 4.72. The van der Waals surface area contributed by atoms with E-state index < -0.39 is 0 Å². The fraction of sp³-hybridized carbons (Fsp3) is 0.652. The Labute approximate surface area is 169 Å². The smallest absolute Gasteiger partial charge is 0.253 e. The van der Waals surface area contributed by atoms with Gasteiger partial charge in [-0.25, -0.2) is 0 Å². The third kappa shape index (κ3) is 4.57. The lowest BCUT2D eigenvalue weighted by Gasteiger charge is -2.40. The van der Waals surface area contributed by atoms with Gasteiger partial charge in [0.15, 0.2) is 0 Å². The predicted molar refractivity (Wildman–Crippen MR) is 112 cm³/mol. The summed E-state index contributed by atoms with van der Waals surface area (Å²) in [5.41, 5.74) is 2.07. The van der Waals surface area contributed by atoms with Gasteiger partial charge in [-0.2, -0.15) is 0 Å². The fourth-order valence-electron chi connectivity index (χ4n) is 4.60. The van der Waals surface area contributed by atoms with Crippen LogP contribution in [0.1, 0.15) is 62.4 Å². The van der Waals surface area contributed by atoms with Crippen molar-refractivity contribution in [1.82, 2.24) is 15.1 Å². The van der Waals surface area contributed by atoms with E-state index in [9.17, 15) is 9.59 Å². The molecule has 2 fully saturated rings. The molecule has 0 unspecified atom stereocenters. The van der Waals surface area contributed by atoms with Crippen molar-refractivity contribution in [2.45, 2.75) is 57.9 Å². The highest BCUT2D eigenvalue weighted by atomic mass is 16.2. The van der Waals surface area contributed by atoms with Crippen molar-refractivity contribution in [1.29, 1.82) is 0 Å². The van der Waals surface area contributed by atoms with Crippen LogP contribution in [0.25, 0.3) is 0 Å². The molecule has 0 radical (unpaired) electrons. The van der Waals surface area contributed by atoms with Gasteiger partial charge in [-0.3, -0.25) is 14.5 Å². The van der Waals surface area contributed by atoms with Crippen LogP contribution in [0.15, 0.2) is 24.3 Å². The molecule has 1 aromatic rings. The van der Waals surface area contributed by atoms with Crippen LogP contribution >= 0.6 is 0 Å². The standard InChI is InChI=1S/C23H35N3O2/c1-23(2,3)19-11-9-18(10-12-19)22(28)26-15-13-25(14-16-26)20(21(27)24-4)17-7-5-6-8-17/h9-12,17,20H,5-8,13-16H2,1-4H3,(H,24,27)/t20-/m1/s1. The molecular formula is C23H35N3O2. The Morgan fingerprint density at radius 3 is 2.07 bits per heavy atom. The van der Waals surface area contributed by atoms with Crippen LogP contribution in [0.3, 0.4) is 0 Å². The third-order valence-electron chi connectivity index (χ3n) is 6.35. The van der Waals surface area contributed by atoms with Crippen LogP contribution in [0.4, 0.5) is 0 Å².